The van der Waals surface area contributed by atoms with Crippen LogP contribution >= 0.6 is 11.6 Å². The maximum Gasteiger partial charge on any atom is 0.417 e. The first-order valence-corrected chi connectivity index (χ1v) is 9.36. The van der Waals surface area contributed by atoms with Gasteiger partial charge < -0.3 is 0 Å². The summed E-state index contributed by atoms with van der Waals surface area (Å²) in [7, 11) is 0. The Morgan fingerprint density at radius 2 is 1.77 bits per heavy atom. The van der Waals surface area contributed by atoms with E-state index in [1.807, 2.05) is 0 Å². The predicted molar refractivity (Wildman–Crippen MR) is 101 cm³/mol. The number of fused-ring (bicyclic) bond motifs is 3. The average molecular weight is 441 g/mol. The van der Waals surface area contributed by atoms with Crippen molar-refractivity contribution >= 4 is 17.3 Å². The van der Waals surface area contributed by atoms with Gasteiger partial charge in [-0.2, -0.15) is 13.2 Å². The lowest BCUT2D eigenvalue weighted by Crippen LogP contribution is -2.14. The highest BCUT2D eigenvalue weighted by atomic mass is 35.5. The van der Waals surface area contributed by atoms with Crippen LogP contribution in [0.1, 0.15) is 41.9 Å². The molecule has 0 amide bonds. The molecule has 4 nitrogen and oxygen atoms in total. The van der Waals surface area contributed by atoms with Gasteiger partial charge in [0.2, 0.25) is 0 Å². The van der Waals surface area contributed by atoms with E-state index in [-0.39, 0.29) is 29.7 Å². The third-order valence-electron chi connectivity index (χ3n) is 4.94. The van der Waals surface area contributed by atoms with Crippen molar-refractivity contribution in [3.8, 4) is 5.69 Å². The molecule has 0 fully saturated rings. The summed E-state index contributed by atoms with van der Waals surface area (Å²) in [6.07, 6.45) is -3.43. The number of halogens is 6. The summed E-state index contributed by atoms with van der Waals surface area (Å²) in [5.74, 6) is -1.05. The van der Waals surface area contributed by atoms with Crippen molar-refractivity contribution in [1.29, 1.82) is 0 Å². The van der Waals surface area contributed by atoms with Crippen LogP contribution in [0.15, 0.2) is 41.7 Å². The first-order chi connectivity index (χ1) is 14.2. The molecule has 0 radical (unpaired) electrons. The minimum absolute atomic E-state index is 0.0194. The lowest BCUT2D eigenvalue weighted by atomic mass is 9.97. The van der Waals surface area contributed by atoms with Crippen LogP contribution in [-0.2, 0) is 12.6 Å². The minimum atomic E-state index is -4.68. The minimum Gasteiger partial charge on any atom is -0.283 e. The quantitative estimate of drug-likeness (QED) is 0.489. The Balaban J connectivity index is 1.86. The first-order valence-electron chi connectivity index (χ1n) is 8.98. The largest absolute Gasteiger partial charge is 0.417 e. The Morgan fingerprint density at radius 1 is 1.07 bits per heavy atom. The van der Waals surface area contributed by atoms with Crippen LogP contribution in [0.2, 0.25) is 5.02 Å². The summed E-state index contributed by atoms with van der Waals surface area (Å²) in [4.78, 5) is 4.49. The van der Waals surface area contributed by atoms with Crippen LogP contribution < -0.4 is 0 Å². The number of benzene rings is 2. The van der Waals surface area contributed by atoms with E-state index in [2.05, 4.69) is 15.2 Å². The van der Waals surface area contributed by atoms with Crippen LogP contribution in [0.3, 0.4) is 0 Å². The van der Waals surface area contributed by atoms with Gasteiger partial charge in [-0.1, -0.05) is 17.7 Å². The molecule has 3 aromatic rings. The van der Waals surface area contributed by atoms with Crippen LogP contribution in [0.25, 0.3) is 5.69 Å². The van der Waals surface area contributed by atoms with E-state index in [0.717, 1.165) is 18.2 Å². The maximum absolute atomic E-state index is 14.0. The summed E-state index contributed by atoms with van der Waals surface area (Å²) in [6.45, 7) is 1.70. The second-order valence-corrected chi connectivity index (χ2v) is 7.21. The van der Waals surface area contributed by atoms with Gasteiger partial charge in [-0.15, -0.1) is 10.2 Å². The van der Waals surface area contributed by atoms with Gasteiger partial charge in [0.15, 0.2) is 5.82 Å². The van der Waals surface area contributed by atoms with Crippen molar-refractivity contribution in [2.24, 2.45) is 4.99 Å². The Bertz CT molecular complexity index is 1130. The molecule has 0 bridgehead atoms. The van der Waals surface area contributed by atoms with E-state index in [4.69, 9.17) is 11.6 Å². The van der Waals surface area contributed by atoms with Crippen molar-refractivity contribution in [3.63, 3.8) is 0 Å². The average Bonchev–Trinajstić information content (AvgIpc) is 3.11. The third-order valence-corrected chi connectivity index (χ3v) is 5.34. The van der Waals surface area contributed by atoms with E-state index in [1.54, 1.807) is 6.92 Å². The van der Waals surface area contributed by atoms with Crippen molar-refractivity contribution in [2.45, 2.75) is 32.0 Å². The van der Waals surface area contributed by atoms with Crippen LogP contribution in [-0.4, -0.2) is 20.5 Å². The molecule has 2 aromatic carbocycles. The van der Waals surface area contributed by atoms with Crippen LogP contribution in [0.4, 0.5) is 22.0 Å². The molecule has 156 valence electrons. The summed E-state index contributed by atoms with van der Waals surface area (Å²) in [6, 6.07) is 5.10. The number of rotatable bonds is 3. The number of aliphatic imine (C=N–C) groups is 1. The molecule has 0 aliphatic carbocycles. The zero-order chi connectivity index (χ0) is 21.6. The standard InChI is InChI=1S/C20H14ClF5N4/c1-10-19-29-27-9-30(19)16-8-6-12(20(24,25)26)18(21)17(16)15(28-10)7-5-11-13(22)3-2-4-14(11)23/h2-4,6,8-10H,5,7H2,1H3/t10-/m0/s1. The predicted octanol–water partition coefficient (Wildman–Crippen LogP) is 5.71. The molecule has 0 spiro atoms. The van der Waals surface area contributed by atoms with Crippen LogP contribution in [0.5, 0.6) is 0 Å². The highest BCUT2D eigenvalue weighted by Gasteiger charge is 2.36. The molecule has 1 aliphatic rings. The van der Waals surface area contributed by atoms with Crippen molar-refractivity contribution in [1.82, 2.24) is 14.8 Å². The van der Waals surface area contributed by atoms with E-state index in [1.165, 1.54) is 23.0 Å². The van der Waals surface area contributed by atoms with Gasteiger partial charge >= 0.3 is 6.18 Å². The second kappa shape index (κ2) is 7.46. The van der Waals surface area contributed by atoms with Gasteiger partial charge in [0.25, 0.3) is 0 Å². The Labute approximate surface area is 173 Å². The summed E-state index contributed by atoms with van der Waals surface area (Å²) >= 11 is 6.20. The first kappa shape index (κ1) is 20.5. The van der Waals surface area contributed by atoms with Crippen molar-refractivity contribution in [2.75, 3.05) is 0 Å². The molecule has 4 rings (SSSR count). The SMILES string of the molecule is C[C@@H]1N=C(CCc2c(F)cccc2F)c2c(ccc(C(F)(F)F)c2Cl)-n2cnnc21. The molecule has 1 atom stereocenters. The zero-order valence-electron chi connectivity index (χ0n) is 15.5. The second-order valence-electron chi connectivity index (χ2n) is 6.83. The molecular formula is C20H14ClF5N4. The van der Waals surface area contributed by atoms with Crippen LogP contribution in [0, 0.1) is 11.6 Å². The highest BCUT2D eigenvalue weighted by Crippen LogP contribution is 2.41. The topological polar surface area (TPSA) is 43.1 Å². The molecule has 0 N–H and O–H groups in total. The van der Waals surface area contributed by atoms with Gasteiger partial charge in [-0.3, -0.25) is 9.56 Å². The molecule has 0 saturated heterocycles. The van der Waals surface area contributed by atoms with Gasteiger partial charge in [-0.25, -0.2) is 8.78 Å². The van der Waals surface area contributed by atoms with Crippen molar-refractivity contribution in [3.05, 3.63) is 75.8 Å². The Morgan fingerprint density at radius 3 is 2.43 bits per heavy atom. The number of hydrogen-bond donors (Lipinski definition) is 0. The van der Waals surface area contributed by atoms with E-state index >= 15 is 0 Å². The maximum atomic E-state index is 14.0. The third kappa shape index (κ3) is 3.47. The molecule has 10 heteroatoms. The fourth-order valence-electron chi connectivity index (χ4n) is 3.53. The summed E-state index contributed by atoms with van der Waals surface area (Å²) < 4.78 is 70.0. The van der Waals surface area contributed by atoms with Gasteiger partial charge in [0, 0.05) is 16.8 Å². The lowest BCUT2D eigenvalue weighted by molar-refractivity contribution is -0.137. The molecule has 30 heavy (non-hydrogen) atoms. The number of alkyl halides is 3. The normalized spacial score (nSPS) is 16.0. The number of hydrogen-bond acceptors (Lipinski definition) is 3. The van der Waals surface area contributed by atoms with E-state index in [9.17, 15) is 22.0 Å². The van der Waals surface area contributed by atoms with Gasteiger partial charge in [0.05, 0.1) is 16.3 Å². The van der Waals surface area contributed by atoms with E-state index in [0.29, 0.717) is 11.5 Å². The van der Waals surface area contributed by atoms with E-state index < -0.39 is 34.4 Å². The summed E-state index contributed by atoms with van der Waals surface area (Å²) in [5.41, 5.74) is -0.599. The Hall–Kier alpha value is -2.81. The fourth-order valence-corrected chi connectivity index (χ4v) is 3.91. The highest BCUT2D eigenvalue weighted by molar-refractivity contribution is 6.35. The lowest BCUT2D eigenvalue weighted by Gasteiger charge is -2.17. The molecule has 1 aromatic heterocycles. The Kier molecular flexibility index (Phi) is 5.09. The number of nitrogens with zero attached hydrogens (tertiary/aromatic N) is 4. The smallest absolute Gasteiger partial charge is 0.283 e. The molecule has 0 saturated carbocycles. The number of aromatic nitrogens is 3. The fraction of sp³-hybridized carbons (Fsp3) is 0.250. The summed E-state index contributed by atoms with van der Waals surface area (Å²) in [5, 5.41) is 7.29. The zero-order valence-corrected chi connectivity index (χ0v) is 16.3. The molecule has 2 heterocycles. The molecular weight excluding hydrogens is 427 g/mol. The molecule has 1 aliphatic heterocycles. The van der Waals surface area contributed by atoms with Gasteiger partial charge in [0.1, 0.15) is 24.0 Å². The van der Waals surface area contributed by atoms with Crippen molar-refractivity contribution < 1.29 is 22.0 Å². The molecule has 0 unspecified atom stereocenters. The monoisotopic (exact) mass is 440 g/mol. The van der Waals surface area contributed by atoms with Gasteiger partial charge in [-0.05, 0) is 44.0 Å².